The number of halogens is 2. The van der Waals surface area contributed by atoms with Crippen LogP contribution >= 0.6 is 23.2 Å². The molecule has 0 spiro atoms. The highest BCUT2D eigenvalue weighted by molar-refractivity contribution is 6.40. The first-order valence-electron chi connectivity index (χ1n) is 6.57. The molecule has 2 aromatic carbocycles. The number of nitrogens with zero attached hydrogens (tertiary/aromatic N) is 3. The minimum absolute atomic E-state index is 0.0341. The van der Waals surface area contributed by atoms with E-state index in [2.05, 4.69) is 9.98 Å². The summed E-state index contributed by atoms with van der Waals surface area (Å²) in [5, 5.41) is 13.1. The lowest BCUT2D eigenvalue weighted by molar-refractivity contribution is -0.384. The van der Waals surface area contributed by atoms with Gasteiger partial charge in [0.15, 0.2) is 0 Å². The van der Waals surface area contributed by atoms with Crippen molar-refractivity contribution in [2.45, 2.75) is 0 Å². The lowest BCUT2D eigenvalue weighted by Crippen LogP contribution is -1.93. The molecule has 0 radical (unpaired) electrons. The highest BCUT2D eigenvalue weighted by atomic mass is 35.5. The van der Waals surface area contributed by atoms with Gasteiger partial charge in [0.05, 0.1) is 15.6 Å². The van der Waals surface area contributed by atoms with Crippen LogP contribution in [0.3, 0.4) is 0 Å². The number of nitro benzene ring substituents is 1. The van der Waals surface area contributed by atoms with E-state index in [9.17, 15) is 10.1 Å². The van der Waals surface area contributed by atoms with Gasteiger partial charge in [0.1, 0.15) is 5.02 Å². The molecule has 0 bridgehead atoms. The summed E-state index contributed by atoms with van der Waals surface area (Å²) in [4.78, 5) is 18.8. The molecule has 0 aliphatic heterocycles. The number of benzene rings is 2. The van der Waals surface area contributed by atoms with Crippen LogP contribution in [0.5, 0.6) is 0 Å². The Hall–Kier alpha value is -2.50. The van der Waals surface area contributed by atoms with Crippen LogP contribution in [-0.2, 0) is 0 Å². The smallest absolute Gasteiger partial charge is 0.264 e. The number of hydrogen-bond acceptors (Lipinski definition) is 4. The maximum atomic E-state index is 11.0. The molecule has 0 aliphatic rings. The van der Waals surface area contributed by atoms with Crippen LogP contribution in [0.4, 0.5) is 11.4 Å². The summed E-state index contributed by atoms with van der Waals surface area (Å²) in [7, 11) is 0. The molecule has 5 nitrogen and oxygen atoms in total. The van der Waals surface area contributed by atoms with Crippen LogP contribution in [0.15, 0.2) is 53.8 Å². The van der Waals surface area contributed by atoms with Gasteiger partial charge in [-0.1, -0.05) is 35.3 Å². The molecule has 23 heavy (non-hydrogen) atoms. The van der Waals surface area contributed by atoms with E-state index < -0.39 is 4.92 Å². The molecule has 0 fully saturated rings. The van der Waals surface area contributed by atoms with Crippen molar-refractivity contribution in [3.05, 3.63) is 74.5 Å². The van der Waals surface area contributed by atoms with Gasteiger partial charge in [-0.15, -0.1) is 0 Å². The number of nitro groups is 1. The fraction of sp³-hybridized carbons (Fsp3) is 0. The van der Waals surface area contributed by atoms with Gasteiger partial charge < -0.3 is 0 Å². The van der Waals surface area contributed by atoms with Crippen molar-refractivity contribution in [3.63, 3.8) is 0 Å². The van der Waals surface area contributed by atoms with Gasteiger partial charge in [-0.2, -0.15) is 0 Å². The fourth-order valence-electron chi connectivity index (χ4n) is 2.17. The third-order valence-corrected chi connectivity index (χ3v) is 4.02. The molecule has 1 heterocycles. The molecule has 114 valence electrons. The van der Waals surface area contributed by atoms with Crippen molar-refractivity contribution in [1.29, 1.82) is 0 Å². The van der Waals surface area contributed by atoms with Gasteiger partial charge in [0.2, 0.25) is 0 Å². The lowest BCUT2D eigenvalue weighted by Gasteiger charge is -2.04. The summed E-state index contributed by atoms with van der Waals surface area (Å²) in [6, 6.07) is 10.2. The van der Waals surface area contributed by atoms with E-state index in [1.807, 2.05) is 24.3 Å². The average Bonchev–Trinajstić information content (AvgIpc) is 2.54. The predicted octanol–water partition coefficient (Wildman–Crippen LogP) is 5.20. The maximum absolute atomic E-state index is 11.0. The van der Waals surface area contributed by atoms with Gasteiger partial charge in [0.25, 0.3) is 5.69 Å². The molecule has 0 N–H and O–H groups in total. The zero-order valence-corrected chi connectivity index (χ0v) is 13.1. The Balaban J connectivity index is 2.09. The molecule has 0 amide bonds. The summed E-state index contributed by atoms with van der Waals surface area (Å²) in [6.45, 7) is 0. The zero-order chi connectivity index (χ0) is 16.4. The number of aromatic nitrogens is 1. The third-order valence-electron chi connectivity index (χ3n) is 3.29. The number of fused-ring (bicyclic) bond motifs is 1. The maximum Gasteiger partial charge on any atom is 0.288 e. The average molecular weight is 346 g/mol. The Morgan fingerprint density at radius 1 is 1.17 bits per heavy atom. The first kappa shape index (κ1) is 15.4. The number of hydrogen-bond donors (Lipinski definition) is 0. The summed E-state index contributed by atoms with van der Waals surface area (Å²) < 4.78 is 0. The summed E-state index contributed by atoms with van der Waals surface area (Å²) >= 11 is 12.1. The Kier molecular flexibility index (Phi) is 4.23. The van der Waals surface area contributed by atoms with Gasteiger partial charge in [-0.3, -0.25) is 20.1 Å². The van der Waals surface area contributed by atoms with Crippen molar-refractivity contribution in [3.8, 4) is 0 Å². The third kappa shape index (κ3) is 3.02. The quantitative estimate of drug-likeness (QED) is 0.372. The first-order chi connectivity index (χ1) is 11.1. The fourth-order valence-corrected chi connectivity index (χ4v) is 2.71. The molecule has 7 heteroatoms. The van der Waals surface area contributed by atoms with Crippen LogP contribution < -0.4 is 0 Å². The minimum Gasteiger partial charge on any atom is -0.264 e. The van der Waals surface area contributed by atoms with Crippen molar-refractivity contribution in [2.75, 3.05) is 0 Å². The SMILES string of the molecule is O=[N+]([O-])c1ccc(Cl)c(C=Nc2cccc3cnccc23)c1Cl. The lowest BCUT2D eigenvalue weighted by atomic mass is 10.1. The van der Waals surface area contributed by atoms with E-state index in [0.29, 0.717) is 16.3 Å². The molecule has 3 rings (SSSR count). The van der Waals surface area contributed by atoms with E-state index in [1.54, 1.807) is 12.4 Å². The van der Waals surface area contributed by atoms with Crippen LogP contribution in [0.25, 0.3) is 10.8 Å². The molecule has 0 saturated carbocycles. The standard InChI is InChI=1S/C16H9Cl2N3O2/c17-13-4-5-15(21(22)23)16(18)12(13)9-20-14-3-1-2-10-8-19-7-6-11(10)14/h1-9H. The summed E-state index contributed by atoms with van der Waals surface area (Å²) in [5.74, 6) is 0. The van der Waals surface area contributed by atoms with Gasteiger partial charge in [0, 0.05) is 41.0 Å². The Morgan fingerprint density at radius 2 is 2.00 bits per heavy atom. The molecule has 0 unspecified atom stereocenters. The highest BCUT2D eigenvalue weighted by Gasteiger charge is 2.17. The van der Waals surface area contributed by atoms with Gasteiger partial charge >= 0.3 is 0 Å². The molecule has 0 saturated heterocycles. The molecule has 0 atom stereocenters. The Morgan fingerprint density at radius 3 is 2.78 bits per heavy atom. The highest BCUT2D eigenvalue weighted by Crippen LogP contribution is 2.33. The van der Waals surface area contributed by atoms with Crippen molar-refractivity contribution in [2.24, 2.45) is 4.99 Å². The first-order valence-corrected chi connectivity index (χ1v) is 7.32. The normalized spacial score (nSPS) is 11.2. The molecule has 1 aromatic heterocycles. The molecular weight excluding hydrogens is 337 g/mol. The monoisotopic (exact) mass is 345 g/mol. The second-order valence-corrected chi connectivity index (χ2v) is 5.47. The number of aliphatic imine (C=N–C) groups is 1. The van der Waals surface area contributed by atoms with Gasteiger partial charge in [-0.25, -0.2) is 0 Å². The number of rotatable bonds is 3. The molecular formula is C16H9Cl2N3O2. The molecule has 3 aromatic rings. The van der Waals surface area contributed by atoms with Crippen LogP contribution in [0, 0.1) is 10.1 Å². The van der Waals surface area contributed by atoms with Crippen molar-refractivity contribution >= 4 is 51.6 Å². The Bertz CT molecular complexity index is 937. The minimum atomic E-state index is -0.556. The second-order valence-electron chi connectivity index (χ2n) is 4.68. The topological polar surface area (TPSA) is 68.4 Å². The summed E-state index contributed by atoms with van der Waals surface area (Å²) in [5.41, 5.74) is 0.803. The largest absolute Gasteiger partial charge is 0.288 e. The van der Waals surface area contributed by atoms with Crippen LogP contribution in [0.1, 0.15) is 5.56 Å². The predicted molar refractivity (Wildman–Crippen MR) is 92.1 cm³/mol. The van der Waals surface area contributed by atoms with E-state index in [4.69, 9.17) is 23.2 Å². The van der Waals surface area contributed by atoms with Crippen LogP contribution in [-0.4, -0.2) is 16.1 Å². The van der Waals surface area contributed by atoms with Crippen LogP contribution in [0.2, 0.25) is 10.0 Å². The van der Waals surface area contributed by atoms with E-state index in [0.717, 1.165) is 10.8 Å². The van der Waals surface area contributed by atoms with E-state index in [1.165, 1.54) is 18.3 Å². The second kappa shape index (κ2) is 6.32. The molecule has 0 aliphatic carbocycles. The van der Waals surface area contributed by atoms with Gasteiger partial charge in [-0.05, 0) is 18.2 Å². The van der Waals surface area contributed by atoms with Crippen molar-refractivity contribution < 1.29 is 4.92 Å². The van der Waals surface area contributed by atoms with Crippen molar-refractivity contribution in [1.82, 2.24) is 4.98 Å². The van der Waals surface area contributed by atoms with E-state index >= 15 is 0 Å². The number of pyridine rings is 1. The zero-order valence-electron chi connectivity index (χ0n) is 11.6. The Labute approximate surface area is 141 Å². The van der Waals surface area contributed by atoms with E-state index in [-0.39, 0.29) is 10.7 Å². The summed E-state index contributed by atoms with van der Waals surface area (Å²) in [6.07, 6.45) is 4.85.